The Morgan fingerprint density at radius 2 is 1.79 bits per heavy atom. The van der Waals surface area contributed by atoms with Crippen LogP contribution in [0.2, 0.25) is 0 Å². The molecule has 82 valence electrons. The number of hydrogen-bond acceptors (Lipinski definition) is 1. The molecule has 0 unspecified atom stereocenters. The first-order valence-corrected chi connectivity index (χ1v) is 6.26. The van der Waals surface area contributed by atoms with E-state index in [1.807, 2.05) is 0 Å². The van der Waals surface area contributed by atoms with Gasteiger partial charge in [-0.1, -0.05) is 13.8 Å². The van der Waals surface area contributed by atoms with Crippen LogP contribution in [-0.4, -0.2) is 24.0 Å². The first-order chi connectivity index (χ1) is 6.52. The highest BCUT2D eigenvalue weighted by molar-refractivity contribution is 4.99. The lowest BCUT2D eigenvalue weighted by Gasteiger charge is -2.56. The molecular formula is C13H25N. The molecule has 1 heterocycles. The lowest BCUT2D eigenvalue weighted by molar-refractivity contribution is -0.0687. The van der Waals surface area contributed by atoms with Crippen LogP contribution in [0.5, 0.6) is 0 Å². The average molecular weight is 195 g/mol. The topological polar surface area (TPSA) is 3.24 Å². The summed E-state index contributed by atoms with van der Waals surface area (Å²) in [6.07, 6.45) is 4.44. The standard InChI is InChI=1S/C13H25N/c1-10(2)14-8-13(9-14)6-5-11(3)12(4)7-13/h10-12H,5-9H2,1-4H3/t11-,12+/m1/s1. The summed E-state index contributed by atoms with van der Waals surface area (Å²) < 4.78 is 0. The fourth-order valence-corrected chi connectivity index (χ4v) is 3.27. The number of nitrogens with zero attached hydrogens (tertiary/aromatic N) is 1. The maximum absolute atomic E-state index is 2.63. The van der Waals surface area contributed by atoms with E-state index in [1.54, 1.807) is 0 Å². The average Bonchev–Trinajstić information content (AvgIpc) is 2.05. The highest BCUT2D eigenvalue weighted by Gasteiger charge is 2.46. The molecule has 1 nitrogen and oxygen atoms in total. The zero-order valence-corrected chi connectivity index (χ0v) is 10.2. The summed E-state index contributed by atoms with van der Waals surface area (Å²) >= 11 is 0. The molecule has 1 heteroatoms. The van der Waals surface area contributed by atoms with Crippen molar-refractivity contribution in [3.05, 3.63) is 0 Å². The van der Waals surface area contributed by atoms with E-state index in [9.17, 15) is 0 Å². The highest BCUT2D eigenvalue weighted by Crippen LogP contribution is 2.48. The zero-order chi connectivity index (χ0) is 10.3. The van der Waals surface area contributed by atoms with E-state index < -0.39 is 0 Å². The van der Waals surface area contributed by atoms with Crippen molar-refractivity contribution in [2.45, 2.75) is 53.0 Å². The molecule has 0 aromatic heterocycles. The fourth-order valence-electron chi connectivity index (χ4n) is 3.27. The Bertz CT molecular complexity index is 203. The minimum absolute atomic E-state index is 0.732. The summed E-state index contributed by atoms with van der Waals surface area (Å²) in [5.41, 5.74) is 0.732. The summed E-state index contributed by atoms with van der Waals surface area (Å²) in [5, 5.41) is 0. The Kier molecular flexibility index (Phi) is 2.63. The Balaban J connectivity index is 1.89. The monoisotopic (exact) mass is 195 g/mol. The maximum Gasteiger partial charge on any atom is 0.00533 e. The molecule has 1 aliphatic heterocycles. The van der Waals surface area contributed by atoms with Gasteiger partial charge >= 0.3 is 0 Å². The second-order valence-electron chi connectivity index (χ2n) is 6.20. The van der Waals surface area contributed by atoms with Crippen molar-refractivity contribution in [2.75, 3.05) is 13.1 Å². The summed E-state index contributed by atoms with van der Waals surface area (Å²) in [5.74, 6) is 1.92. The Morgan fingerprint density at radius 1 is 1.14 bits per heavy atom. The maximum atomic E-state index is 2.63. The van der Waals surface area contributed by atoms with Crippen LogP contribution in [0.3, 0.4) is 0 Å². The molecular weight excluding hydrogens is 170 g/mol. The minimum atomic E-state index is 0.732. The van der Waals surface area contributed by atoms with Gasteiger partial charge in [-0.05, 0) is 50.4 Å². The minimum Gasteiger partial charge on any atom is -0.300 e. The summed E-state index contributed by atoms with van der Waals surface area (Å²) in [6.45, 7) is 12.3. The second-order valence-corrected chi connectivity index (χ2v) is 6.20. The van der Waals surface area contributed by atoms with Crippen LogP contribution in [0.1, 0.15) is 47.0 Å². The third kappa shape index (κ3) is 1.71. The van der Waals surface area contributed by atoms with E-state index in [0.717, 1.165) is 23.3 Å². The van der Waals surface area contributed by atoms with Gasteiger partial charge in [0.25, 0.3) is 0 Å². The predicted octanol–water partition coefficient (Wildman–Crippen LogP) is 3.15. The molecule has 0 radical (unpaired) electrons. The van der Waals surface area contributed by atoms with Crippen molar-refractivity contribution >= 4 is 0 Å². The van der Waals surface area contributed by atoms with Crippen molar-refractivity contribution < 1.29 is 0 Å². The molecule has 1 aliphatic carbocycles. The van der Waals surface area contributed by atoms with E-state index in [2.05, 4.69) is 32.6 Å². The van der Waals surface area contributed by atoms with Crippen LogP contribution >= 0.6 is 0 Å². The smallest absolute Gasteiger partial charge is 0.00533 e. The van der Waals surface area contributed by atoms with Crippen molar-refractivity contribution in [2.24, 2.45) is 17.3 Å². The van der Waals surface area contributed by atoms with Gasteiger partial charge < -0.3 is 0 Å². The van der Waals surface area contributed by atoms with E-state index >= 15 is 0 Å². The zero-order valence-electron chi connectivity index (χ0n) is 10.2. The van der Waals surface area contributed by atoms with E-state index in [4.69, 9.17) is 0 Å². The van der Waals surface area contributed by atoms with E-state index in [0.29, 0.717) is 0 Å². The molecule has 2 atom stereocenters. The summed E-state index contributed by atoms with van der Waals surface area (Å²) in [7, 11) is 0. The fraction of sp³-hybridized carbons (Fsp3) is 1.00. The third-order valence-electron chi connectivity index (χ3n) is 4.66. The quantitative estimate of drug-likeness (QED) is 0.621. The van der Waals surface area contributed by atoms with E-state index in [-0.39, 0.29) is 0 Å². The molecule has 2 rings (SSSR count). The number of likely N-dealkylation sites (tertiary alicyclic amines) is 1. The van der Waals surface area contributed by atoms with Gasteiger partial charge in [0.15, 0.2) is 0 Å². The first-order valence-electron chi connectivity index (χ1n) is 6.26. The van der Waals surface area contributed by atoms with Gasteiger partial charge in [0, 0.05) is 19.1 Å². The Morgan fingerprint density at radius 3 is 2.29 bits per heavy atom. The van der Waals surface area contributed by atoms with Crippen molar-refractivity contribution in [3.63, 3.8) is 0 Å². The largest absolute Gasteiger partial charge is 0.300 e. The molecule has 0 aromatic carbocycles. The number of hydrogen-bond donors (Lipinski definition) is 0. The molecule has 0 bridgehead atoms. The van der Waals surface area contributed by atoms with Gasteiger partial charge in [0.2, 0.25) is 0 Å². The SMILES string of the molecule is CC(C)N1CC2(CC[C@@H](C)[C@@H](C)C2)C1. The van der Waals surface area contributed by atoms with Gasteiger partial charge in [0.05, 0.1) is 0 Å². The van der Waals surface area contributed by atoms with Crippen LogP contribution in [0.25, 0.3) is 0 Å². The van der Waals surface area contributed by atoms with Crippen LogP contribution in [0.4, 0.5) is 0 Å². The molecule has 2 fully saturated rings. The van der Waals surface area contributed by atoms with Gasteiger partial charge in [-0.3, -0.25) is 4.90 Å². The van der Waals surface area contributed by atoms with Crippen LogP contribution in [0, 0.1) is 17.3 Å². The van der Waals surface area contributed by atoms with E-state index in [1.165, 1.54) is 32.4 Å². The summed E-state index contributed by atoms with van der Waals surface area (Å²) in [4.78, 5) is 2.63. The second kappa shape index (κ2) is 3.52. The lowest BCUT2D eigenvalue weighted by atomic mass is 9.62. The molecule has 0 amide bonds. The van der Waals surface area contributed by atoms with Crippen molar-refractivity contribution in [1.29, 1.82) is 0 Å². The molecule has 14 heavy (non-hydrogen) atoms. The van der Waals surface area contributed by atoms with Crippen LogP contribution in [-0.2, 0) is 0 Å². The van der Waals surface area contributed by atoms with Gasteiger partial charge in [0.1, 0.15) is 0 Å². The van der Waals surface area contributed by atoms with Crippen LogP contribution in [0.15, 0.2) is 0 Å². The number of rotatable bonds is 1. The van der Waals surface area contributed by atoms with Crippen molar-refractivity contribution in [1.82, 2.24) is 4.90 Å². The molecule has 1 saturated heterocycles. The highest BCUT2D eigenvalue weighted by atomic mass is 15.2. The molecule has 2 aliphatic rings. The first kappa shape index (κ1) is 10.5. The molecule has 1 spiro atoms. The Labute approximate surface area is 88.9 Å². The normalized spacial score (nSPS) is 37.5. The molecule has 0 aromatic rings. The van der Waals surface area contributed by atoms with Crippen molar-refractivity contribution in [3.8, 4) is 0 Å². The Hall–Kier alpha value is -0.0400. The van der Waals surface area contributed by atoms with Gasteiger partial charge in [-0.25, -0.2) is 0 Å². The molecule has 0 N–H and O–H groups in total. The molecule has 1 saturated carbocycles. The summed E-state index contributed by atoms with van der Waals surface area (Å²) in [6, 6.07) is 0.760. The van der Waals surface area contributed by atoms with Gasteiger partial charge in [-0.2, -0.15) is 0 Å². The van der Waals surface area contributed by atoms with Crippen LogP contribution < -0.4 is 0 Å². The van der Waals surface area contributed by atoms with Gasteiger partial charge in [-0.15, -0.1) is 0 Å². The lowest BCUT2D eigenvalue weighted by Crippen LogP contribution is -2.60. The third-order valence-corrected chi connectivity index (χ3v) is 4.66. The predicted molar refractivity (Wildman–Crippen MR) is 61.3 cm³/mol.